The third-order valence-electron chi connectivity index (χ3n) is 3.89. The molecule has 21 heavy (non-hydrogen) atoms. The van der Waals surface area contributed by atoms with Gasteiger partial charge in [-0.2, -0.15) is 13.2 Å². The first-order valence-corrected chi connectivity index (χ1v) is 6.72. The fourth-order valence-electron chi connectivity index (χ4n) is 2.66. The molecule has 0 spiro atoms. The number of hydrogen-bond donors (Lipinski definition) is 2. The third kappa shape index (κ3) is 2.33. The Morgan fingerprint density at radius 3 is 2.71 bits per heavy atom. The molecule has 6 heteroatoms. The van der Waals surface area contributed by atoms with E-state index in [0.29, 0.717) is 18.7 Å². The number of aromatic nitrogens is 1. The van der Waals surface area contributed by atoms with Crippen molar-refractivity contribution in [1.82, 2.24) is 4.98 Å². The van der Waals surface area contributed by atoms with Crippen LogP contribution in [0.5, 0.6) is 0 Å². The van der Waals surface area contributed by atoms with Gasteiger partial charge in [0.2, 0.25) is 0 Å². The molecule has 112 valence electrons. The summed E-state index contributed by atoms with van der Waals surface area (Å²) in [6.45, 7) is 1.23. The van der Waals surface area contributed by atoms with Gasteiger partial charge in [-0.3, -0.25) is 4.99 Å². The van der Waals surface area contributed by atoms with E-state index in [0.717, 1.165) is 23.4 Å². The molecule has 1 atom stereocenters. The SMILES string of the molecule is C[C@@](O)(CC1=NCCc2c1[nH]c1ccccc21)C(F)(F)F. The summed E-state index contributed by atoms with van der Waals surface area (Å²) in [4.78, 5) is 7.32. The van der Waals surface area contributed by atoms with Crippen molar-refractivity contribution < 1.29 is 18.3 Å². The van der Waals surface area contributed by atoms with E-state index in [9.17, 15) is 18.3 Å². The van der Waals surface area contributed by atoms with Gasteiger partial charge in [0.05, 0.1) is 11.4 Å². The molecule has 1 aromatic carbocycles. The van der Waals surface area contributed by atoms with Gasteiger partial charge in [-0.1, -0.05) is 18.2 Å². The van der Waals surface area contributed by atoms with Crippen LogP contribution in [0.2, 0.25) is 0 Å². The quantitative estimate of drug-likeness (QED) is 0.878. The van der Waals surface area contributed by atoms with Crippen molar-refractivity contribution in [2.24, 2.45) is 4.99 Å². The average molecular weight is 296 g/mol. The van der Waals surface area contributed by atoms with E-state index in [1.807, 2.05) is 24.3 Å². The van der Waals surface area contributed by atoms with Crippen LogP contribution in [0.3, 0.4) is 0 Å². The summed E-state index contributed by atoms with van der Waals surface area (Å²) in [5, 5.41) is 10.7. The molecule has 0 aliphatic carbocycles. The molecule has 0 unspecified atom stereocenters. The Bertz CT molecular complexity index is 713. The number of aliphatic imine (C=N–C) groups is 1. The van der Waals surface area contributed by atoms with E-state index in [4.69, 9.17) is 0 Å². The van der Waals surface area contributed by atoms with Crippen LogP contribution in [-0.4, -0.2) is 34.1 Å². The van der Waals surface area contributed by atoms with Gasteiger partial charge >= 0.3 is 6.18 Å². The smallest absolute Gasteiger partial charge is 0.380 e. The number of aliphatic hydroxyl groups is 1. The molecule has 2 aromatic rings. The number of halogens is 3. The zero-order chi connectivity index (χ0) is 15.3. The highest BCUT2D eigenvalue weighted by Gasteiger charge is 2.50. The summed E-state index contributed by atoms with van der Waals surface area (Å²) in [5.41, 5.74) is -0.0170. The standard InChI is InChI=1S/C15H15F3N2O/c1-14(21,15(16,17)18)8-12-13-10(6-7-19-12)9-4-2-3-5-11(9)20-13/h2-5,20-21H,6-8H2,1H3/t14-/m1/s1. The second kappa shape index (κ2) is 4.59. The van der Waals surface area contributed by atoms with Gasteiger partial charge in [0.15, 0.2) is 5.60 Å². The number of fused-ring (bicyclic) bond motifs is 3. The van der Waals surface area contributed by atoms with Gasteiger partial charge in [-0.25, -0.2) is 0 Å². The number of aromatic amines is 1. The van der Waals surface area contributed by atoms with Gasteiger partial charge in [0.1, 0.15) is 0 Å². The highest BCUT2D eigenvalue weighted by atomic mass is 19.4. The lowest BCUT2D eigenvalue weighted by Crippen LogP contribution is -2.44. The summed E-state index contributed by atoms with van der Waals surface area (Å²) in [5.74, 6) is 0. The first kappa shape index (κ1) is 14.1. The maximum absolute atomic E-state index is 12.9. The second-order valence-corrected chi connectivity index (χ2v) is 5.55. The van der Waals surface area contributed by atoms with Crippen LogP contribution >= 0.6 is 0 Å². The van der Waals surface area contributed by atoms with E-state index in [2.05, 4.69) is 9.98 Å². The average Bonchev–Trinajstić information content (AvgIpc) is 2.77. The topological polar surface area (TPSA) is 48.4 Å². The van der Waals surface area contributed by atoms with E-state index < -0.39 is 18.2 Å². The molecule has 3 rings (SSSR count). The zero-order valence-corrected chi connectivity index (χ0v) is 11.5. The Balaban J connectivity index is 2.02. The molecule has 0 bridgehead atoms. The number of H-pyrrole nitrogens is 1. The first-order chi connectivity index (χ1) is 9.79. The van der Waals surface area contributed by atoms with Gasteiger partial charge < -0.3 is 10.1 Å². The number of para-hydroxylation sites is 1. The lowest BCUT2D eigenvalue weighted by molar-refractivity contribution is -0.249. The van der Waals surface area contributed by atoms with Gasteiger partial charge in [-0.05, 0) is 25.0 Å². The molecule has 0 saturated carbocycles. The Kier molecular flexibility index (Phi) is 3.09. The number of alkyl halides is 3. The first-order valence-electron chi connectivity index (χ1n) is 6.72. The van der Waals surface area contributed by atoms with Crippen molar-refractivity contribution in [1.29, 1.82) is 0 Å². The fraction of sp³-hybridized carbons (Fsp3) is 0.400. The number of nitrogens with zero attached hydrogens (tertiary/aromatic N) is 1. The van der Waals surface area contributed by atoms with Crippen molar-refractivity contribution >= 4 is 16.6 Å². The van der Waals surface area contributed by atoms with E-state index in [-0.39, 0.29) is 5.71 Å². The molecule has 2 N–H and O–H groups in total. The van der Waals surface area contributed by atoms with Crippen LogP contribution in [0.15, 0.2) is 29.3 Å². The number of nitrogens with one attached hydrogen (secondary N) is 1. The number of rotatable bonds is 2. The summed E-state index contributed by atoms with van der Waals surface area (Å²) >= 11 is 0. The summed E-state index contributed by atoms with van der Waals surface area (Å²) in [7, 11) is 0. The van der Waals surface area contributed by atoms with E-state index >= 15 is 0 Å². The Hall–Kier alpha value is -1.82. The van der Waals surface area contributed by atoms with Crippen molar-refractivity contribution in [2.75, 3.05) is 6.54 Å². The molecule has 3 nitrogen and oxygen atoms in total. The molecule has 1 aliphatic rings. The van der Waals surface area contributed by atoms with E-state index in [1.54, 1.807) is 0 Å². The molecular formula is C15H15F3N2O. The lowest BCUT2D eigenvalue weighted by atomic mass is 9.93. The minimum atomic E-state index is -4.68. The summed E-state index contributed by atoms with van der Waals surface area (Å²) < 4.78 is 38.6. The van der Waals surface area contributed by atoms with Crippen LogP contribution in [0.4, 0.5) is 13.2 Å². The lowest BCUT2D eigenvalue weighted by Gasteiger charge is -2.27. The van der Waals surface area contributed by atoms with Crippen molar-refractivity contribution in [2.45, 2.75) is 31.5 Å². The molecular weight excluding hydrogens is 281 g/mol. The molecule has 0 saturated heterocycles. The highest BCUT2D eigenvalue weighted by Crippen LogP contribution is 2.35. The Morgan fingerprint density at radius 1 is 1.29 bits per heavy atom. The molecule has 2 heterocycles. The van der Waals surface area contributed by atoms with Gasteiger partial charge in [0, 0.05) is 23.9 Å². The number of hydrogen-bond acceptors (Lipinski definition) is 2. The van der Waals surface area contributed by atoms with Crippen molar-refractivity contribution in [3.05, 3.63) is 35.5 Å². The van der Waals surface area contributed by atoms with E-state index in [1.165, 1.54) is 0 Å². The molecule has 0 radical (unpaired) electrons. The van der Waals surface area contributed by atoms with Crippen LogP contribution in [0.25, 0.3) is 10.9 Å². The molecule has 0 fully saturated rings. The minimum absolute atomic E-state index is 0.287. The maximum atomic E-state index is 12.9. The minimum Gasteiger partial charge on any atom is -0.380 e. The fourth-order valence-corrected chi connectivity index (χ4v) is 2.66. The van der Waals surface area contributed by atoms with Crippen LogP contribution < -0.4 is 0 Å². The number of benzene rings is 1. The molecule has 1 aromatic heterocycles. The largest absolute Gasteiger partial charge is 0.417 e. The maximum Gasteiger partial charge on any atom is 0.417 e. The van der Waals surface area contributed by atoms with Gasteiger partial charge in [-0.15, -0.1) is 0 Å². The van der Waals surface area contributed by atoms with Crippen LogP contribution in [0, 0.1) is 0 Å². The van der Waals surface area contributed by atoms with Gasteiger partial charge in [0.25, 0.3) is 0 Å². The Morgan fingerprint density at radius 2 is 2.00 bits per heavy atom. The zero-order valence-electron chi connectivity index (χ0n) is 11.5. The van der Waals surface area contributed by atoms with Crippen LogP contribution in [-0.2, 0) is 6.42 Å². The highest BCUT2D eigenvalue weighted by molar-refractivity contribution is 6.06. The predicted molar refractivity (Wildman–Crippen MR) is 74.7 cm³/mol. The molecule has 1 aliphatic heterocycles. The van der Waals surface area contributed by atoms with Crippen LogP contribution in [0.1, 0.15) is 24.6 Å². The third-order valence-corrected chi connectivity index (χ3v) is 3.89. The second-order valence-electron chi connectivity index (χ2n) is 5.55. The monoisotopic (exact) mass is 296 g/mol. The van der Waals surface area contributed by atoms with Crippen molar-refractivity contribution in [3.63, 3.8) is 0 Å². The molecule has 0 amide bonds. The summed E-state index contributed by atoms with van der Waals surface area (Å²) in [6, 6.07) is 7.59. The Labute approximate surface area is 119 Å². The predicted octanol–water partition coefficient (Wildman–Crippen LogP) is 3.22. The normalized spacial score (nSPS) is 18.2. The van der Waals surface area contributed by atoms with Crippen molar-refractivity contribution in [3.8, 4) is 0 Å². The summed E-state index contributed by atoms with van der Waals surface area (Å²) in [6.07, 6.45) is -4.54.